The van der Waals surface area contributed by atoms with Crippen LogP contribution in [0, 0.1) is 13.8 Å². The summed E-state index contributed by atoms with van der Waals surface area (Å²) < 4.78 is 1.54. The van der Waals surface area contributed by atoms with E-state index in [1.165, 1.54) is 4.68 Å². The largest absolute Gasteiger partial charge is 0.310 e. The molecule has 1 aliphatic carbocycles. The van der Waals surface area contributed by atoms with E-state index in [0.717, 1.165) is 24.1 Å². The molecule has 1 atom stereocenters. The number of amides is 1. The zero-order valence-corrected chi connectivity index (χ0v) is 16.9. The molecule has 1 fully saturated rings. The van der Waals surface area contributed by atoms with Crippen molar-refractivity contribution < 1.29 is 4.79 Å². The number of aryl methyl sites for hydroxylation is 1. The first-order chi connectivity index (χ1) is 14.0. The van der Waals surface area contributed by atoms with Crippen molar-refractivity contribution in [2.45, 2.75) is 51.9 Å². The molecule has 4 rings (SSSR count). The highest BCUT2D eigenvalue weighted by Crippen LogP contribution is 2.40. The van der Waals surface area contributed by atoms with Gasteiger partial charge in [0.1, 0.15) is 5.82 Å². The molecule has 0 saturated heterocycles. The van der Waals surface area contributed by atoms with Gasteiger partial charge in [-0.3, -0.25) is 14.6 Å². The molecule has 1 amide bonds. The summed E-state index contributed by atoms with van der Waals surface area (Å²) in [6.07, 6.45) is 2.85. The van der Waals surface area contributed by atoms with Gasteiger partial charge in [0.2, 0.25) is 11.9 Å². The second-order valence-electron chi connectivity index (χ2n) is 7.60. The van der Waals surface area contributed by atoms with Gasteiger partial charge in [0.25, 0.3) is 5.56 Å². The maximum absolute atomic E-state index is 13.1. The molecule has 3 aromatic rings. The van der Waals surface area contributed by atoms with Crippen LogP contribution in [0.2, 0.25) is 0 Å². The van der Waals surface area contributed by atoms with Crippen molar-refractivity contribution in [3.8, 4) is 5.95 Å². The number of nitrogens with one attached hydrogen (secondary N) is 2. The van der Waals surface area contributed by atoms with Crippen LogP contribution in [-0.2, 0) is 4.79 Å². The number of anilines is 1. The van der Waals surface area contributed by atoms with E-state index in [1.807, 2.05) is 43.3 Å². The molecule has 29 heavy (non-hydrogen) atoms. The number of nitrogens with zero attached hydrogens (tertiary/aromatic N) is 3. The fourth-order valence-corrected chi connectivity index (χ4v) is 3.43. The quantitative estimate of drug-likeness (QED) is 0.672. The minimum atomic E-state index is -0.268. The molecule has 0 aliphatic heterocycles. The molecular weight excluding hydrogens is 366 g/mol. The Morgan fingerprint density at radius 2 is 2.00 bits per heavy atom. The Bertz CT molecular complexity index is 1100. The third-order valence-corrected chi connectivity index (χ3v) is 5.48. The number of benzene rings is 1. The van der Waals surface area contributed by atoms with Crippen LogP contribution in [0.5, 0.6) is 0 Å². The van der Waals surface area contributed by atoms with E-state index >= 15 is 0 Å². The predicted molar refractivity (Wildman–Crippen MR) is 112 cm³/mol. The van der Waals surface area contributed by atoms with E-state index in [0.29, 0.717) is 35.4 Å². The Morgan fingerprint density at radius 1 is 1.28 bits per heavy atom. The van der Waals surface area contributed by atoms with Crippen molar-refractivity contribution in [3.63, 3.8) is 0 Å². The number of H-pyrrole nitrogens is 1. The van der Waals surface area contributed by atoms with Gasteiger partial charge >= 0.3 is 0 Å². The summed E-state index contributed by atoms with van der Waals surface area (Å²) >= 11 is 0. The van der Waals surface area contributed by atoms with Crippen LogP contribution in [0.4, 0.5) is 5.82 Å². The van der Waals surface area contributed by atoms with Crippen molar-refractivity contribution in [2.75, 3.05) is 5.32 Å². The second-order valence-corrected chi connectivity index (χ2v) is 7.60. The second kappa shape index (κ2) is 7.66. The van der Waals surface area contributed by atoms with Gasteiger partial charge in [-0.1, -0.05) is 37.3 Å². The molecule has 7 heteroatoms. The number of carbonyl (C=O) groups excluding carboxylic acids is 1. The zero-order valence-electron chi connectivity index (χ0n) is 16.9. The first-order valence-electron chi connectivity index (χ1n) is 10.0. The summed E-state index contributed by atoms with van der Waals surface area (Å²) in [4.78, 5) is 32.6. The molecule has 0 unspecified atom stereocenters. The van der Waals surface area contributed by atoms with Crippen LogP contribution < -0.4 is 10.9 Å². The number of hydrogen-bond donors (Lipinski definition) is 2. The maximum Gasteiger partial charge on any atom is 0.255 e. The number of hydrogen-bond acceptors (Lipinski definition) is 4. The first-order valence-corrected chi connectivity index (χ1v) is 10.0. The Labute approximate surface area is 169 Å². The number of aromatic nitrogens is 4. The summed E-state index contributed by atoms with van der Waals surface area (Å²) in [5.41, 5.74) is 2.89. The van der Waals surface area contributed by atoms with Crippen molar-refractivity contribution in [1.29, 1.82) is 0 Å². The molecule has 0 bridgehead atoms. The maximum atomic E-state index is 13.1. The average molecular weight is 391 g/mol. The van der Waals surface area contributed by atoms with Gasteiger partial charge in [-0.15, -0.1) is 0 Å². The molecule has 150 valence electrons. The zero-order chi connectivity index (χ0) is 20.5. The Morgan fingerprint density at radius 3 is 2.62 bits per heavy atom. The Kier molecular flexibility index (Phi) is 5.05. The van der Waals surface area contributed by atoms with E-state index in [2.05, 4.69) is 20.4 Å². The van der Waals surface area contributed by atoms with Crippen molar-refractivity contribution >= 4 is 11.7 Å². The molecule has 1 aliphatic rings. The lowest BCUT2D eigenvalue weighted by molar-refractivity contribution is -0.117. The minimum Gasteiger partial charge on any atom is -0.310 e. The van der Waals surface area contributed by atoms with Crippen LogP contribution >= 0.6 is 0 Å². The lowest BCUT2D eigenvalue weighted by Crippen LogP contribution is -2.24. The highest BCUT2D eigenvalue weighted by molar-refractivity contribution is 5.95. The molecule has 7 nitrogen and oxygen atoms in total. The van der Waals surface area contributed by atoms with E-state index in [-0.39, 0.29) is 17.4 Å². The normalized spacial score (nSPS) is 14.6. The molecule has 2 aromatic heterocycles. The van der Waals surface area contributed by atoms with Gasteiger partial charge in [-0.05, 0) is 38.7 Å². The molecule has 1 aromatic carbocycles. The SMILES string of the molecule is CC[C@H](C(=O)Nc1cc(C2CC2)nn1-c1nc(C)c(C)c(=O)[nH]1)c1ccccc1. The summed E-state index contributed by atoms with van der Waals surface area (Å²) in [5.74, 6) is 0.871. The summed E-state index contributed by atoms with van der Waals surface area (Å²) in [5, 5.41) is 7.65. The van der Waals surface area contributed by atoms with Crippen LogP contribution in [0.3, 0.4) is 0 Å². The average Bonchev–Trinajstić information content (AvgIpc) is 3.48. The van der Waals surface area contributed by atoms with Crippen molar-refractivity contribution in [3.05, 3.63) is 69.3 Å². The number of rotatable bonds is 6. The topological polar surface area (TPSA) is 92.7 Å². The predicted octanol–water partition coefficient (Wildman–Crippen LogP) is 3.58. The van der Waals surface area contributed by atoms with Gasteiger partial charge in [0, 0.05) is 23.2 Å². The third-order valence-electron chi connectivity index (χ3n) is 5.48. The summed E-state index contributed by atoms with van der Waals surface area (Å²) in [6, 6.07) is 11.6. The van der Waals surface area contributed by atoms with Gasteiger partial charge in [0.05, 0.1) is 11.6 Å². The Hall–Kier alpha value is -3.22. The third kappa shape index (κ3) is 3.85. The summed E-state index contributed by atoms with van der Waals surface area (Å²) in [6.45, 7) is 5.52. The molecule has 0 spiro atoms. The van der Waals surface area contributed by atoms with Gasteiger partial charge < -0.3 is 5.32 Å². The standard InChI is InChI=1S/C22H25N5O2/c1-4-17(15-8-6-5-7-9-15)21(29)24-19-12-18(16-10-11-16)26-27(19)22-23-14(3)13(2)20(28)25-22/h5-9,12,16-17H,4,10-11H2,1-3H3,(H,24,29)(H,23,25,28)/t17-/m0/s1. The van der Waals surface area contributed by atoms with E-state index in [9.17, 15) is 9.59 Å². The van der Waals surface area contributed by atoms with Crippen molar-refractivity contribution in [2.24, 2.45) is 0 Å². The van der Waals surface area contributed by atoms with Gasteiger partial charge in [-0.2, -0.15) is 9.78 Å². The summed E-state index contributed by atoms with van der Waals surface area (Å²) in [7, 11) is 0. The van der Waals surface area contributed by atoms with Crippen LogP contribution in [0.25, 0.3) is 5.95 Å². The van der Waals surface area contributed by atoms with Crippen LogP contribution in [-0.4, -0.2) is 25.7 Å². The molecule has 0 radical (unpaired) electrons. The van der Waals surface area contributed by atoms with E-state index < -0.39 is 0 Å². The first kappa shape index (κ1) is 19.1. The van der Waals surface area contributed by atoms with E-state index in [1.54, 1.807) is 13.8 Å². The lowest BCUT2D eigenvalue weighted by atomic mass is 9.96. The highest BCUT2D eigenvalue weighted by Gasteiger charge is 2.29. The van der Waals surface area contributed by atoms with Gasteiger partial charge in [-0.25, -0.2) is 4.98 Å². The highest BCUT2D eigenvalue weighted by atomic mass is 16.2. The molecule has 2 heterocycles. The Balaban J connectivity index is 1.70. The molecule has 1 saturated carbocycles. The van der Waals surface area contributed by atoms with Crippen LogP contribution in [0.15, 0.2) is 41.2 Å². The number of carbonyl (C=O) groups is 1. The fourth-order valence-electron chi connectivity index (χ4n) is 3.43. The smallest absolute Gasteiger partial charge is 0.255 e. The fraction of sp³-hybridized carbons (Fsp3) is 0.364. The molecule has 2 N–H and O–H groups in total. The lowest BCUT2D eigenvalue weighted by Gasteiger charge is -2.16. The van der Waals surface area contributed by atoms with E-state index in [4.69, 9.17) is 0 Å². The van der Waals surface area contributed by atoms with Crippen molar-refractivity contribution in [1.82, 2.24) is 19.7 Å². The minimum absolute atomic E-state index is 0.103. The van der Waals surface area contributed by atoms with Gasteiger partial charge in [0.15, 0.2) is 0 Å². The monoisotopic (exact) mass is 391 g/mol. The number of aromatic amines is 1. The van der Waals surface area contributed by atoms with Crippen LogP contribution in [0.1, 0.15) is 60.5 Å². The molecular formula is C22H25N5O2.